The Morgan fingerprint density at radius 1 is 0.938 bits per heavy atom. The molecule has 0 N–H and O–H groups in total. The van der Waals surface area contributed by atoms with Crippen molar-refractivity contribution in [2.75, 3.05) is 10.7 Å². The number of carbonyl (C=O) groups excluding carboxylic acids is 1. The van der Waals surface area contributed by atoms with E-state index in [2.05, 4.69) is 42.0 Å². The van der Waals surface area contributed by atoms with E-state index in [1.807, 2.05) is 79.4 Å². The molecule has 0 fully saturated rings. The number of aryl methyl sites for hydroxylation is 1. The molecule has 1 amide bonds. The normalized spacial score (nSPS) is 11.0. The predicted molar refractivity (Wildman–Crippen MR) is 134 cm³/mol. The lowest BCUT2D eigenvalue weighted by Gasteiger charge is -2.26. The molecular weight excluding hydrogens is 414 g/mol. The van der Waals surface area contributed by atoms with E-state index in [1.165, 1.54) is 11.8 Å². The lowest BCUT2D eigenvalue weighted by molar-refractivity contribution is -0.116. The van der Waals surface area contributed by atoms with E-state index in [9.17, 15) is 4.79 Å². The van der Waals surface area contributed by atoms with Crippen molar-refractivity contribution in [2.24, 2.45) is 0 Å². The minimum atomic E-state index is 0.0665. The number of nitrogens with zero attached hydrogens (tertiary/aromatic N) is 3. The SMILES string of the molecule is Cc1ccccc1-n1cc(-c2ccccc2)nc1SCC(=O)N(c1ccccc1)C(C)C. The molecule has 0 aliphatic carbocycles. The molecule has 0 atom stereocenters. The average Bonchev–Trinajstić information content (AvgIpc) is 3.23. The molecule has 0 unspecified atom stereocenters. The number of amides is 1. The molecule has 32 heavy (non-hydrogen) atoms. The summed E-state index contributed by atoms with van der Waals surface area (Å²) in [6.07, 6.45) is 2.06. The summed E-state index contributed by atoms with van der Waals surface area (Å²) in [5, 5.41) is 0.809. The van der Waals surface area contributed by atoms with Gasteiger partial charge in [0, 0.05) is 23.5 Å². The zero-order valence-electron chi connectivity index (χ0n) is 18.6. The van der Waals surface area contributed by atoms with Gasteiger partial charge in [-0.1, -0.05) is 78.5 Å². The van der Waals surface area contributed by atoms with Gasteiger partial charge in [0.25, 0.3) is 0 Å². The number of rotatable bonds is 7. The molecule has 1 aromatic heterocycles. The zero-order chi connectivity index (χ0) is 22.5. The number of imidazole rings is 1. The molecule has 0 spiro atoms. The fourth-order valence-electron chi connectivity index (χ4n) is 3.73. The monoisotopic (exact) mass is 441 g/mol. The Balaban J connectivity index is 1.64. The number of hydrogen-bond donors (Lipinski definition) is 0. The largest absolute Gasteiger partial charge is 0.309 e. The number of hydrogen-bond acceptors (Lipinski definition) is 3. The third kappa shape index (κ3) is 4.78. The molecular formula is C27H27N3OS. The summed E-state index contributed by atoms with van der Waals surface area (Å²) in [4.78, 5) is 20.0. The average molecular weight is 442 g/mol. The topological polar surface area (TPSA) is 38.1 Å². The molecule has 4 aromatic rings. The van der Waals surface area contributed by atoms with Crippen LogP contribution in [0.2, 0.25) is 0 Å². The van der Waals surface area contributed by atoms with Crippen LogP contribution < -0.4 is 4.90 Å². The van der Waals surface area contributed by atoms with Crippen LogP contribution >= 0.6 is 11.8 Å². The van der Waals surface area contributed by atoms with Crippen LogP contribution in [0.1, 0.15) is 19.4 Å². The van der Waals surface area contributed by atoms with Gasteiger partial charge in [-0.2, -0.15) is 0 Å². The molecule has 0 bridgehead atoms. The highest BCUT2D eigenvalue weighted by atomic mass is 32.2. The molecule has 0 saturated carbocycles. The van der Waals surface area contributed by atoms with Crippen LogP contribution in [0.25, 0.3) is 16.9 Å². The van der Waals surface area contributed by atoms with E-state index >= 15 is 0 Å². The zero-order valence-corrected chi connectivity index (χ0v) is 19.4. The minimum absolute atomic E-state index is 0.0665. The van der Waals surface area contributed by atoms with Gasteiger partial charge in [0.2, 0.25) is 5.91 Å². The molecule has 4 rings (SSSR count). The van der Waals surface area contributed by atoms with E-state index in [1.54, 1.807) is 0 Å². The van der Waals surface area contributed by atoms with Gasteiger partial charge in [-0.25, -0.2) is 4.98 Å². The first-order valence-electron chi connectivity index (χ1n) is 10.8. The van der Waals surface area contributed by atoms with E-state index in [4.69, 9.17) is 4.98 Å². The number of carbonyl (C=O) groups is 1. The van der Waals surface area contributed by atoms with Crippen LogP contribution in [0.15, 0.2) is 96.3 Å². The van der Waals surface area contributed by atoms with Gasteiger partial charge in [0.15, 0.2) is 5.16 Å². The van der Waals surface area contributed by atoms with Crippen LogP contribution in [-0.4, -0.2) is 27.3 Å². The highest BCUT2D eigenvalue weighted by Crippen LogP contribution is 2.29. The fourth-order valence-corrected chi connectivity index (χ4v) is 4.58. The van der Waals surface area contributed by atoms with Gasteiger partial charge in [-0.15, -0.1) is 0 Å². The Hall–Kier alpha value is -3.31. The van der Waals surface area contributed by atoms with Crippen molar-refractivity contribution >= 4 is 23.4 Å². The summed E-state index contributed by atoms with van der Waals surface area (Å²) < 4.78 is 2.10. The molecule has 0 saturated heterocycles. The van der Waals surface area contributed by atoms with Gasteiger partial charge in [-0.3, -0.25) is 9.36 Å². The van der Waals surface area contributed by atoms with E-state index in [0.29, 0.717) is 5.75 Å². The standard InChI is InChI=1S/C27H27N3OS/c1-20(2)30(23-15-8-5-9-16-23)26(31)19-32-27-28-24(22-13-6-4-7-14-22)18-29(27)25-17-11-10-12-21(25)3/h4-18,20H,19H2,1-3H3. The van der Waals surface area contributed by atoms with Gasteiger partial charge in [0.1, 0.15) is 0 Å². The van der Waals surface area contributed by atoms with Crippen LogP contribution in [0.3, 0.4) is 0 Å². The second-order valence-electron chi connectivity index (χ2n) is 7.91. The molecule has 1 heterocycles. The molecule has 0 aliphatic heterocycles. The second-order valence-corrected chi connectivity index (χ2v) is 8.86. The van der Waals surface area contributed by atoms with Crippen LogP contribution in [-0.2, 0) is 4.79 Å². The van der Waals surface area contributed by atoms with Crippen LogP contribution in [0, 0.1) is 6.92 Å². The molecule has 3 aromatic carbocycles. The summed E-state index contributed by atoms with van der Waals surface area (Å²) in [5.41, 5.74) is 5.10. The number of thioether (sulfide) groups is 1. The summed E-state index contributed by atoms with van der Waals surface area (Å²) in [5.74, 6) is 0.376. The molecule has 162 valence electrons. The molecule has 4 nitrogen and oxygen atoms in total. The Labute approximate surface area is 193 Å². The number of anilines is 1. The number of para-hydroxylation sites is 2. The highest BCUT2D eigenvalue weighted by molar-refractivity contribution is 7.99. The number of benzene rings is 3. The number of aromatic nitrogens is 2. The third-order valence-corrected chi connectivity index (χ3v) is 6.20. The summed E-state index contributed by atoms with van der Waals surface area (Å²) in [6, 6.07) is 28.3. The van der Waals surface area contributed by atoms with Crippen molar-refractivity contribution in [3.8, 4) is 16.9 Å². The predicted octanol–water partition coefficient (Wildman–Crippen LogP) is 6.38. The minimum Gasteiger partial charge on any atom is -0.309 e. The fraction of sp³-hybridized carbons (Fsp3) is 0.185. The first kappa shape index (κ1) is 21.9. The van der Waals surface area contributed by atoms with Crippen molar-refractivity contribution in [1.29, 1.82) is 0 Å². The lowest BCUT2D eigenvalue weighted by atomic mass is 10.2. The van der Waals surface area contributed by atoms with E-state index in [0.717, 1.165) is 33.4 Å². The maximum absolute atomic E-state index is 13.2. The first-order chi connectivity index (χ1) is 15.5. The van der Waals surface area contributed by atoms with Gasteiger partial charge in [-0.05, 0) is 44.5 Å². The second kappa shape index (κ2) is 9.88. The van der Waals surface area contributed by atoms with Gasteiger partial charge in [0.05, 0.1) is 17.1 Å². The van der Waals surface area contributed by atoms with Crippen molar-refractivity contribution in [2.45, 2.75) is 32.0 Å². The van der Waals surface area contributed by atoms with Crippen molar-refractivity contribution in [3.63, 3.8) is 0 Å². The van der Waals surface area contributed by atoms with Crippen molar-refractivity contribution in [1.82, 2.24) is 9.55 Å². The Kier molecular flexibility index (Phi) is 6.76. The van der Waals surface area contributed by atoms with Gasteiger partial charge < -0.3 is 4.90 Å². The maximum Gasteiger partial charge on any atom is 0.237 e. The molecule has 5 heteroatoms. The third-order valence-electron chi connectivity index (χ3n) is 5.26. The van der Waals surface area contributed by atoms with E-state index in [-0.39, 0.29) is 11.9 Å². The van der Waals surface area contributed by atoms with Gasteiger partial charge >= 0.3 is 0 Å². The Morgan fingerprint density at radius 2 is 1.56 bits per heavy atom. The quantitative estimate of drug-likeness (QED) is 0.312. The first-order valence-corrected chi connectivity index (χ1v) is 11.7. The lowest BCUT2D eigenvalue weighted by Crippen LogP contribution is -2.38. The molecule has 0 radical (unpaired) electrons. The maximum atomic E-state index is 13.2. The molecule has 0 aliphatic rings. The van der Waals surface area contributed by atoms with Crippen LogP contribution in [0.4, 0.5) is 5.69 Å². The van der Waals surface area contributed by atoms with E-state index < -0.39 is 0 Å². The van der Waals surface area contributed by atoms with Crippen molar-refractivity contribution in [3.05, 3.63) is 96.7 Å². The summed E-state index contributed by atoms with van der Waals surface area (Å²) in [6.45, 7) is 6.17. The Bertz CT molecular complexity index is 1190. The van der Waals surface area contributed by atoms with Crippen molar-refractivity contribution < 1.29 is 4.79 Å². The highest BCUT2D eigenvalue weighted by Gasteiger charge is 2.21. The smallest absolute Gasteiger partial charge is 0.237 e. The van der Waals surface area contributed by atoms with Crippen LogP contribution in [0.5, 0.6) is 0 Å². The summed E-state index contributed by atoms with van der Waals surface area (Å²) >= 11 is 1.48. The summed E-state index contributed by atoms with van der Waals surface area (Å²) in [7, 11) is 0. The Morgan fingerprint density at radius 3 is 2.22 bits per heavy atom.